The van der Waals surface area contributed by atoms with E-state index in [0.717, 1.165) is 11.3 Å². The fourth-order valence-corrected chi connectivity index (χ4v) is 1.75. The lowest BCUT2D eigenvalue weighted by Crippen LogP contribution is -2.21. The fraction of sp³-hybridized carbons (Fsp3) is 0.200. The molecule has 0 spiro atoms. The Labute approximate surface area is 106 Å². The highest BCUT2D eigenvalue weighted by Gasteiger charge is 2.22. The van der Waals surface area contributed by atoms with E-state index in [1.165, 1.54) is 6.08 Å². The highest BCUT2D eigenvalue weighted by Crippen LogP contribution is 2.20. The molecule has 0 saturated carbocycles. The predicted octanol–water partition coefficient (Wildman–Crippen LogP) is 2.78. The first kappa shape index (κ1) is 12.3. The van der Waals surface area contributed by atoms with Gasteiger partial charge in [-0.15, -0.1) is 0 Å². The molecule has 0 fully saturated rings. The van der Waals surface area contributed by atoms with Crippen LogP contribution in [0.25, 0.3) is 0 Å². The van der Waals surface area contributed by atoms with Crippen LogP contribution in [0, 0.1) is 6.92 Å². The van der Waals surface area contributed by atoms with Gasteiger partial charge in [-0.3, -0.25) is 9.59 Å². The molecule has 1 aromatic rings. The number of benzene rings is 1. The van der Waals surface area contributed by atoms with Crippen LogP contribution in [0.4, 0.5) is 5.69 Å². The average Bonchev–Trinajstić information content (AvgIpc) is 2.36. The summed E-state index contributed by atoms with van der Waals surface area (Å²) < 4.78 is 0. The van der Waals surface area contributed by atoms with E-state index in [2.05, 4.69) is 5.32 Å². The van der Waals surface area contributed by atoms with Crippen LogP contribution in [0.15, 0.2) is 47.2 Å². The molecule has 0 atom stereocenters. The molecular weight excluding hydrogens is 226 g/mol. The van der Waals surface area contributed by atoms with E-state index >= 15 is 0 Å². The van der Waals surface area contributed by atoms with Gasteiger partial charge in [-0.1, -0.05) is 17.7 Å². The zero-order valence-electron chi connectivity index (χ0n) is 10.7. The third-order valence-corrected chi connectivity index (χ3v) is 3.12. The van der Waals surface area contributed by atoms with Crippen LogP contribution in [0.5, 0.6) is 0 Å². The maximum Gasteiger partial charge on any atom is 0.205 e. The smallest absolute Gasteiger partial charge is 0.205 e. The summed E-state index contributed by atoms with van der Waals surface area (Å²) >= 11 is 0. The number of hydrogen-bond donors (Lipinski definition) is 1. The standard InChI is InChI=1S/C15H15NO2/c1-9-4-6-12(7-5-9)16-13-8-14(17)10(2)11(3)15(13)18/h4-8,16H,1-3H3. The van der Waals surface area contributed by atoms with Crippen molar-refractivity contribution in [2.24, 2.45) is 0 Å². The predicted molar refractivity (Wildman–Crippen MR) is 71.3 cm³/mol. The number of aryl methyl sites for hydroxylation is 1. The number of carbonyl (C=O) groups is 2. The Morgan fingerprint density at radius 2 is 1.50 bits per heavy atom. The molecule has 2 rings (SSSR count). The summed E-state index contributed by atoms with van der Waals surface area (Å²) in [5.41, 5.74) is 3.33. The minimum atomic E-state index is -0.118. The van der Waals surface area contributed by atoms with E-state index in [1.54, 1.807) is 13.8 Å². The molecule has 3 nitrogen and oxygen atoms in total. The molecule has 1 N–H and O–H groups in total. The van der Waals surface area contributed by atoms with Gasteiger partial charge < -0.3 is 5.32 Å². The Balaban J connectivity index is 2.26. The first-order valence-corrected chi connectivity index (χ1v) is 5.81. The van der Waals surface area contributed by atoms with Gasteiger partial charge in [0.1, 0.15) is 0 Å². The van der Waals surface area contributed by atoms with Crippen LogP contribution >= 0.6 is 0 Å². The van der Waals surface area contributed by atoms with Crippen LogP contribution < -0.4 is 5.32 Å². The lowest BCUT2D eigenvalue weighted by Gasteiger charge is -2.16. The summed E-state index contributed by atoms with van der Waals surface area (Å²) in [6.45, 7) is 5.35. The molecule has 92 valence electrons. The highest BCUT2D eigenvalue weighted by molar-refractivity contribution is 6.23. The summed E-state index contributed by atoms with van der Waals surface area (Å²) in [6.07, 6.45) is 1.37. The van der Waals surface area contributed by atoms with Crippen molar-refractivity contribution in [2.75, 3.05) is 5.32 Å². The summed E-state index contributed by atoms with van der Waals surface area (Å²) in [4.78, 5) is 23.7. The molecule has 1 aliphatic rings. The van der Waals surface area contributed by atoms with E-state index < -0.39 is 0 Å². The SMILES string of the molecule is CC1=C(C)C(=O)C(Nc2ccc(C)cc2)=CC1=O. The minimum Gasteiger partial charge on any atom is -0.352 e. The van der Waals surface area contributed by atoms with Crippen molar-refractivity contribution in [3.05, 3.63) is 52.7 Å². The van der Waals surface area contributed by atoms with Crippen LogP contribution in [-0.4, -0.2) is 11.6 Å². The fourth-order valence-electron chi connectivity index (χ4n) is 1.75. The Morgan fingerprint density at radius 3 is 2.11 bits per heavy atom. The number of carbonyl (C=O) groups excluding carboxylic acids is 2. The van der Waals surface area contributed by atoms with Gasteiger partial charge in [-0.05, 0) is 32.9 Å². The van der Waals surface area contributed by atoms with E-state index in [-0.39, 0.29) is 11.6 Å². The van der Waals surface area contributed by atoms with Crippen molar-refractivity contribution in [2.45, 2.75) is 20.8 Å². The minimum absolute atomic E-state index is 0.110. The number of ketones is 2. The molecule has 0 unspecified atom stereocenters. The van der Waals surface area contributed by atoms with Crippen molar-refractivity contribution >= 4 is 17.3 Å². The van der Waals surface area contributed by atoms with E-state index in [4.69, 9.17) is 0 Å². The number of nitrogens with one attached hydrogen (secondary N) is 1. The summed E-state index contributed by atoms with van der Waals surface area (Å²) in [5, 5.41) is 3.00. The van der Waals surface area contributed by atoms with Crippen molar-refractivity contribution in [3.8, 4) is 0 Å². The lowest BCUT2D eigenvalue weighted by atomic mass is 9.95. The third kappa shape index (κ3) is 2.25. The Hall–Kier alpha value is -2.16. The number of hydrogen-bond acceptors (Lipinski definition) is 3. The molecule has 0 aromatic heterocycles. The van der Waals surface area contributed by atoms with Gasteiger partial charge in [0, 0.05) is 22.9 Å². The Kier molecular flexibility index (Phi) is 3.15. The molecule has 0 aliphatic heterocycles. The van der Waals surface area contributed by atoms with Crippen molar-refractivity contribution in [1.82, 2.24) is 0 Å². The molecule has 3 heteroatoms. The number of rotatable bonds is 2. The summed E-state index contributed by atoms with van der Waals surface area (Å²) in [7, 11) is 0. The second kappa shape index (κ2) is 4.61. The van der Waals surface area contributed by atoms with Crippen molar-refractivity contribution in [3.63, 3.8) is 0 Å². The number of anilines is 1. The van der Waals surface area contributed by atoms with Gasteiger partial charge in [0.05, 0.1) is 5.70 Å². The topological polar surface area (TPSA) is 46.2 Å². The molecule has 0 bridgehead atoms. The second-order valence-electron chi connectivity index (χ2n) is 4.49. The second-order valence-corrected chi connectivity index (χ2v) is 4.49. The van der Waals surface area contributed by atoms with Gasteiger partial charge in [0.2, 0.25) is 5.78 Å². The molecule has 1 aromatic carbocycles. The largest absolute Gasteiger partial charge is 0.352 e. The first-order valence-electron chi connectivity index (χ1n) is 5.81. The van der Waals surface area contributed by atoms with Gasteiger partial charge in [0.25, 0.3) is 0 Å². The molecule has 0 radical (unpaired) electrons. The molecular formula is C15H15NO2. The van der Waals surface area contributed by atoms with E-state index in [9.17, 15) is 9.59 Å². The van der Waals surface area contributed by atoms with Crippen LogP contribution in [0.3, 0.4) is 0 Å². The summed E-state index contributed by atoms with van der Waals surface area (Å²) in [5.74, 6) is -0.227. The summed E-state index contributed by atoms with van der Waals surface area (Å²) in [6, 6.07) is 7.67. The van der Waals surface area contributed by atoms with Crippen molar-refractivity contribution in [1.29, 1.82) is 0 Å². The van der Waals surface area contributed by atoms with E-state index in [0.29, 0.717) is 16.8 Å². The number of Topliss-reactive ketones (excluding diaryl/α,β-unsaturated/α-hetero) is 1. The molecule has 0 saturated heterocycles. The van der Waals surface area contributed by atoms with Gasteiger partial charge in [-0.25, -0.2) is 0 Å². The first-order chi connectivity index (χ1) is 8.49. The Morgan fingerprint density at radius 1 is 0.889 bits per heavy atom. The normalized spacial score (nSPS) is 15.8. The molecule has 0 amide bonds. The van der Waals surface area contributed by atoms with Gasteiger partial charge in [0.15, 0.2) is 5.78 Å². The average molecular weight is 241 g/mol. The number of allylic oxidation sites excluding steroid dienone is 3. The van der Waals surface area contributed by atoms with Crippen LogP contribution in [-0.2, 0) is 9.59 Å². The van der Waals surface area contributed by atoms with Gasteiger partial charge >= 0.3 is 0 Å². The third-order valence-electron chi connectivity index (χ3n) is 3.12. The van der Waals surface area contributed by atoms with Gasteiger partial charge in [-0.2, -0.15) is 0 Å². The molecule has 18 heavy (non-hydrogen) atoms. The lowest BCUT2D eigenvalue weighted by molar-refractivity contribution is -0.115. The quantitative estimate of drug-likeness (QED) is 0.810. The zero-order valence-corrected chi connectivity index (χ0v) is 10.7. The van der Waals surface area contributed by atoms with Crippen LogP contribution in [0.1, 0.15) is 19.4 Å². The van der Waals surface area contributed by atoms with Crippen molar-refractivity contribution < 1.29 is 9.59 Å². The monoisotopic (exact) mass is 241 g/mol. The molecule has 1 aliphatic carbocycles. The Bertz CT molecular complexity index is 577. The maximum absolute atomic E-state index is 12.0. The molecule has 0 heterocycles. The van der Waals surface area contributed by atoms with Crippen LogP contribution in [0.2, 0.25) is 0 Å². The van der Waals surface area contributed by atoms with E-state index in [1.807, 2.05) is 31.2 Å². The highest BCUT2D eigenvalue weighted by atomic mass is 16.1. The maximum atomic E-state index is 12.0. The zero-order chi connectivity index (χ0) is 13.3.